The highest BCUT2D eigenvalue weighted by molar-refractivity contribution is 5.79. The first kappa shape index (κ1) is 19.7. The third-order valence-corrected chi connectivity index (χ3v) is 4.88. The number of fused-ring (bicyclic) bond motifs is 1. The van der Waals surface area contributed by atoms with Crippen molar-refractivity contribution in [3.63, 3.8) is 0 Å². The van der Waals surface area contributed by atoms with Gasteiger partial charge in [-0.3, -0.25) is 4.79 Å². The van der Waals surface area contributed by atoms with Crippen molar-refractivity contribution in [1.82, 2.24) is 9.55 Å². The zero-order chi connectivity index (χ0) is 21.3. The van der Waals surface area contributed by atoms with Gasteiger partial charge in [0, 0.05) is 11.6 Å². The second-order valence-corrected chi connectivity index (χ2v) is 6.94. The van der Waals surface area contributed by atoms with Gasteiger partial charge in [-0.05, 0) is 54.4 Å². The van der Waals surface area contributed by atoms with Gasteiger partial charge in [-0.25, -0.2) is 8.78 Å². The Hall–Kier alpha value is -3.58. The number of aromatic nitrogens is 2. The van der Waals surface area contributed by atoms with Crippen molar-refractivity contribution in [1.29, 1.82) is 0 Å². The van der Waals surface area contributed by atoms with Crippen LogP contribution in [0.5, 0.6) is 11.5 Å². The first-order chi connectivity index (χ1) is 14.4. The Morgan fingerprint density at radius 3 is 2.47 bits per heavy atom. The molecule has 0 aliphatic heterocycles. The third-order valence-electron chi connectivity index (χ3n) is 4.88. The molecule has 152 valence electrons. The lowest BCUT2D eigenvalue weighted by Gasteiger charge is -2.14. The summed E-state index contributed by atoms with van der Waals surface area (Å²) in [4.78, 5) is 16.2. The molecule has 0 bridgehead atoms. The summed E-state index contributed by atoms with van der Waals surface area (Å²) in [5.74, 6) is -0.282. The van der Waals surface area contributed by atoms with Crippen LogP contribution >= 0.6 is 0 Å². The summed E-state index contributed by atoms with van der Waals surface area (Å²) in [7, 11) is 0. The number of aliphatic hydroxyl groups is 1. The lowest BCUT2D eigenvalue weighted by Crippen LogP contribution is -2.14. The molecule has 0 aliphatic rings. The number of hydrogen-bond acceptors (Lipinski definition) is 4. The number of aryl methyl sites for hydroxylation is 1. The molecule has 0 atom stereocenters. The maximum atomic E-state index is 14.3. The van der Waals surface area contributed by atoms with E-state index in [1.807, 2.05) is 0 Å². The Bertz CT molecular complexity index is 1260. The quantitative estimate of drug-likeness (QED) is 0.534. The average molecular weight is 408 g/mol. The summed E-state index contributed by atoms with van der Waals surface area (Å²) in [5, 5.41) is 9.44. The number of aliphatic hydroxyl groups excluding tert-OH is 1. The van der Waals surface area contributed by atoms with E-state index < -0.39 is 17.2 Å². The molecular weight excluding hydrogens is 390 g/mol. The highest BCUT2D eigenvalue weighted by atomic mass is 19.1. The number of hydrogen-bond donors (Lipinski definition) is 1. The van der Waals surface area contributed by atoms with Crippen LogP contribution in [0.4, 0.5) is 8.78 Å². The Labute approximate surface area is 170 Å². The van der Waals surface area contributed by atoms with Crippen LogP contribution in [-0.4, -0.2) is 14.7 Å². The molecule has 0 amide bonds. The van der Waals surface area contributed by atoms with E-state index >= 15 is 0 Å². The van der Waals surface area contributed by atoms with Crippen LogP contribution in [-0.2, 0) is 13.2 Å². The topological polar surface area (TPSA) is 64.4 Å². The molecule has 0 aliphatic carbocycles. The van der Waals surface area contributed by atoms with Gasteiger partial charge in [-0.2, -0.15) is 4.98 Å². The molecule has 4 rings (SSSR count). The molecule has 0 fully saturated rings. The van der Waals surface area contributed by atoms with E-state index in [0.717, 1.165) is 11.6 Å². The van der Waals surface area contributed by atoms with Gasteiger partial charge in [-0.15, -0.1) is 0 Å². The van der Waals surface area contributed by atoms with Crippen LogP contribution in [0.2, 0.25) is 0 Å². The minimum Gasteiger partial charge on any atom is -0.457 e. The van der Waals surface area contributed by atoms with Crippen molar-refractivity contribution in [3.8, 4) is 11.5 Å². The summed E-state index contributed by atoms with van der Waals surface area (Å²) in [6.45, 7) is 1.67. The van der Waals surface area contributed by atoms with Gasteiger partial charge in [0.05, 0.1) is 30.4 Å². The lowest BCUT2D eigenvalue weighted by molar-refractivity contribution is 0.281. The fourth-order valence-electron chi connectivity index (χ4n) is 3.28. The molecular formula is C23H18F2N2O3. The number of halogens is 2. The van der Waals surface area contributed by atoms with Gasteiger partial charge in [0.25, 0.3) is 5.56 Å². The van der Waals surface area contributed by atoms with E-state index in [0.29, 0.717) is 33.5 Å². The van der Waals surface area contributed by atoms with E-state index in [9.17, 15) is 13.6 Å². The summed E-state index contributed by atoms with van der Waals surface area (Å²) >= 11 is 0. The molecule has 0 saturated heterocycles. The molecule has 3 aromatic carbocycles. The van der Waals surface area contributed by atoms with E-state index in [2.05, 4.69) is 4.98 Å². The first-order valence-corrected chi connectivity index (χ1v) is 9.26. The van der Waals surface area contributed by atoms with Crippen molar-refractivity contribution < 1.29 is 18.6 Å². The third kappa shape index (κ3) is 3.92. The summed E-state index contributed by atoms with van der Waals surface area (Å²) < 4.78 is 35.1. The summed E-state index contributed by atoms with van der Waals surface area (Å²) in [6, 6.07) is 14.0. The van der Waals surface area contributed by atoms with Gasteiger partial charge < -0.3 is 14.4 Å². The zero-order valence-electron chi connectivity index (χ0n) is 16.1. The minimum absolute atomic E-state index is 0.0599. The molecule has 5 nitrogen and oxygen atoms in total. The number of nitrogens with zero attached hydrogens (tertiary/aromatic N) is 2. The van der Waals surface area contributed by atoms with Crippen molar-refractivity contribution in [2.75, 3.05) is 0 Å². The maximum absolute atomic E-state index is 14.3. The molecule has 7 heteroatoms. The van der Waals surface area contributed by atoms with Crippen LogP contribution < -0.4 is 10.3 Å². The van der Waals surface area contributed by atoms with Crippen molar-refractivity contribution in [3.05, 3.63) is 99.6 Å². The molecule has 0 saturated carbocycles. The van der Waals surface area contributed by atoms with Gasteiger partial charge >= 0.3 is 0 Å². The monoisotopic (exact) mass is 408 g/mol. The average Bonchev–Trinajstić information content (AvgIpc) is 2.73. The minimum atomic E-state index is -0.648. The molecule has 1 aromatic heterocycles. The second-order valence-electron chi connectivity index (χ2n) is 6.94. The summed E-state index contributed by atoms with van der Waals surface area (Å²) in [6.07, 6.45) is 1.35. The first-order valence-electron chi connectivity index (χ1n) is 9.26. The number of rotatable bonds is 5. The van der Waals surface area contributed by atoms with E-state index in [1.54, 1.807) is 54.0 Å². The highest BCUT2D eigenvalue weighted by Gasteiger charge is 2.12. The largest absolute Gasteiger partial charge is 0.457 e. The summed E-state index contributed by atoms with van der Waals surface area (Å²) in [5.41, 5.74) is 1.69. The van der Waals surface area contributed by atoms with Gasteiger partial charge in [-0.1, -0.05) is 12.1 Å². The van der Waals surface area contributed by atoms with Crippen molar-refractivity contribution >= 4 is 10.9 Å². The Morgan fingerprint density at radius 2 is 1.77 bits per heavy atom. The van der Waals surface area contributed by atoms with E-state index in [4.69, 9.17) is 9.84 Å². The Kier molecular flexibility index (Phi) is 5.29. The standard InChI is InChI=1S/C23H18F2N2O3/c1-14-8-16(24)9-21(25)20(14)11-27-13-26-23(29)19-10-18(6-7-22(19)27)30-17-4-2-15(12-28)3-5-17/h2-10,13,28H,11-12H2,1H3. The van der Waals surface area contributed by atoms with Crippen molar-refractivity contribution in [2.45, 2.75) is 20.1 Å². The molecule has 1 N–H and O–H groups in total. The fourth-order valence-corrected chi connectivity index (χ4v) is 3.28. The molecule has 30 heavy (non-hydrogen) atoms. The number of ether oxygens (including phenoxy) is 1. The predicted molar refractivity (Wildman–Crippen MR) is 109 cm³/mol. The van der Waals surface area contributed by atoms with Crippen LogP contribution in [0, 0.1) is 18.6 Å². The lowest BCUT2D eigenvalue weighted by atomic mass is 10.1. The molecule has 0 unspecified atom stereocenters. The normalized spacial score (nSPS) is 11.1. The zero-order valence-corrected chi connectivity index (χ0v) is 16.1. The van der Waals surface area contributed by atoms with E-state index in [1.165, 1.54) is 12.4 Å². The van der Waals surface area contributed by atoms with Crippen LogP contribution in [0.1, 0.15) is 16.7 Å². The second kappa shape index (κ2) is 8.04. The SMILES string of the molecule is Cc1cc(F)cc(F)c1Cn1cnc(=O)c2cc(Oc3ccc(CO)cc3)ccc21. The Balaban J connectivity index is 1.70. The smallest absolute Gasteiger partial charge is 0.280 e. The molecule has 4 aromatic rings. The molecule has 1 heterocycles. The molecule has 0 spiro atoms. The van der Waals surface area contributed by atoms with Crippen LogP contribution in [0.25, 0.3) is 10.9 Å². The van der Waals surface area contributed by atoms with Crippen LogP contribution in [0.3, 0.4) is 0 Å². The van der Waals surface area contributed by atoms with Gasteiger partial charge in [0.1, 0.15) is 23.1 Å². The van der Waals surface area contributed by atoms with Crippen LogP contribution in [0.15, 0.2) is 65.7 Å². The van der Waals surface area contributed by atoms with Gasteiger partial charge in [0.15, 0.2) is 0 Å². The highest BCUT2D eigenvalue weighted by Crippen LogP contribution is 2.25. The fraction of sp³-hybridized carbons (Fsp3) is 0.130. The van der Waals surface area contributed by atoms with E-state index in [-0.39, 0.29) is 13.2 Å². The maximum Gasteiger partial charge on any atom is 0.280 e. The number of benzene rings is 3. The Morgan fingerprint density at radius 1 is 1.03 bits per heavy atom. The molecule has 0 radical (unpaired) electrons. The van der Waals surface area contributed by atoms with Gasteiger partial charge in [0.2, 0.25) is 0 Å². The van der Waals surface area contributed by atoms with Crippen molar-refractivity contribution in [2.24, 2.45) is 0 Å². The predicted octanol–water partition coefficient (Wildman–Crippen LogP) is 4.32.